The van der Waals surface area contributed by atoms with Gasteiger partial charge in [0.2, 0.25) is 5.91 Å². The Kier molecular flexibility index (Phi) is 6.80. The molecular formula is C22H19F5N4O2. The number of hydrogen-bond acceptors (Lipinski definition) is 3. The molecule has 6 nitrogen and oxygen atoms in total. The average Bonchev–Trinajstić information content (AvgIpc) is 3.07. The molecule has 11 heteroatoms. The summed E-state index contributed by atoms with van der Waals surface area (Å²) in [6.07, 6.45) is -4.68. The Morgan fingerprint density at radius 2 is 1.73 bits per heavy atom. The van der Waals surface area contributed by atoms with Crippen LogP contribution in [0.2, 0.25) is 0 Å². The third-order valence-corrected chi connectivity index (χ3v) is 4.71. The van der Waals surface area contributed by atoms with Gasteiger partial charge >= 0.3 is 6.18 Å². The van der Waals surface area contributed by atoms with Crippen LogP contribution in [0.3, 0.4) is 0 Å². The van der Waals surface area contributed by atoms with Crippen LogP contribution in [0.1, 0.15) is 32.9 Å². The predicted molar refractivity (Wildman–Crippen MR) is 109 cm³/mol. The smallest absolute Gasteiger partial charge is 0.350 e. The van der Waals surface area contributed by atoms with Gasteiger partial charge in [0, 0.05) is 18.3 Å². The number of carbonyl (C=O) groups is 2. The van der Waals surface area contributed by atoms with Crippen molar-refractivity contribution < 1.29 is 31.5 Å². The summed E-state index contributed by atoms with van der Waals surface area (Å²) in [7, 11) is 0. The average molecular weight is 466 g/mol. The summed E-state index contributed by atoms with van der Waals surface area (Å²) in [5.41, 5.74) is -0.0582. The summed E-state index contributed by atoms with van der Waals surface area (Å²) < 4.78 is 68.8. The summed E-state index contributed by atoms with van der Waals surface area (Å²) >= 11 is 0. The lowest BCUT2D eigenvalue weighted by Crippen LogP contribution is -2.37. The highest BCUT2D eigenvalue weighted by atomic mass is 19.4. The van der Waals surface area contributed by atoms with E-state index in [0.717, 1.165) is 18.2 Å². The monoisotopic (exact) mass is 466 g/mol. The van der Waals surface area contributed by atoms with Crippen molar-refractivity contribution in [2.45, 2.75) is 26.6 Å². The van der Waals surface area contributed by atoms with Gasteiger partial charge in [-0.3, -0.25) is 9.59 Å². The van der Waals surface area contributed by atoms with Gasteiger partial charge in [0.05, 0.1) is 29.1 Å². The van der Waals surface area contributed by atoms with Crippen molar-refractivity contribution in [1.29, 1.82) is 0 Å². The van der Waals surface area contributed by atoms with E-state index >= 15 is 0 Å². The summed E-state index contributed by atoms with van der Waals surface area (Å²) in [6, 6.07) is 7.68. The van der Waals surface area contributed by atoms with E-state index in [1.165, 1.54) is 16.8 Å². The zero-order chi connectivity index (χ0) is 24.3. The topological polar surface area (TPSA) is 76.0 Å². The first-order chi connectivity index (χ1) is 15.5. The number of hydrogen-bond donors (Lipinski definition) is 2. The molecule has 3 aromatic rings. The number of aromatic nitrogens is 2. The molecule has 0 radical (unpaired) electrons. The van der Waals surface area contributed by atoms with Gasteiger partial charge in [-0.2, -0.15) is 18.3 Å². The molecule has 0 bridgehead atoms. The van der Waals surface area contributed by atoms with E-state index in [0.29, 0.717) is 17.5 Å². The highest BCUT2D eigenvalue weighted by molar-refractivity contribution is 5.96. The molecule has 0 atom stereocenters. The summed E-state index contributed by atoms with van der Waals surface area (Å²) in [4.78, 5) is 23.9. The van der Waals surface area contributed by atoms with Crippen molar-refractivity contribution in [2.75, 3.05) is 6.54 Å². The molecule has 0 spiro atoms. The highest BCUT2D eigenvalue weighted by Crippen LogP contribution is 2.33. The van der Waals surface area contributed by atoms with E-state index in [9.17, 15) is 31.5 Å². The van der Waals surface area contributed by atoms with Gasteiger partial charge in [0.1, 0.15) is 11.6 Å². The second kappa shape index (κ2) is 9.39. The Morgan fingerprint density at radius 3 is 2.33 bits per heavy atom. The lowest BCUT2D eigenvalue weighted by molar-refractivity contribution is -0.138. The molecule has 1 aromatic heterocycles. The minimum absolute atomic E-state index is 0.183. The van der Waals surface area contributed by atoms with E-state index in [-0.39, 0.29) is 11.3 Å². The summed E-state index contributed by atoms with van der Waals surface area (Å²) in [5, 5.41) is 8.60. The number of nitrogens with one attached hydrogen (secondary N) is 2. The van der Waals surface area contributed by atoms with Crippen LogP contribution < -0.4 is 10.6 Å². The van der Waals surface area contributed by atoms with E-state index in [2.05, 4.69) is 15.7 Å². The third kappa shape index (κ3) is 5.73. The van der Waals surface area contributed by atoms with Crippen LogP contribution in [-0.4, -0.2) is 28.1 Å². The lowest BCUT2D eigenvalue weighted by atomic mass is 10.1. The van der Waals surface area contributed by atoms with Crippen LogP contribution in [0, 0.1) is 25.5 Å². The van der Waals surface area contributed by atoms with Crippen LogP contribution in [0.5, 0.6) is 0 Å². The summed E-state index contributed by atoms with van der Waals surface area (Å²) in [5.74, 6) is -3.73. The lowest BCUT2D eigenvalue weighted by Gasteiger charge is -2.16. The van der Waals surface area contributed by atoms with Crippen molar-refractivity contribution in [3.05, 3.63) is 82.2 Å². The fourth-order valence-corrected chi connectivity index (χ4v) is 3.19. The molecule has 1 heterocycles. The maximum atomic E-state index is 13.6. The molecule has 0 aliphatic heterocycles. The molecule has 0 fully saturated rings. The Balaban J connectivity index is 1.68. The predicted octanol–water partition coefficient (Wildman–Crippen LogP) is 3.83. The van der Waals surface area contributed by atoms with Crippen LogP contribution in [0.4, 0.5) is 22.0 Å². The molecule has 33 heavy (non-hydrogen) atoms. The van der Waals surface area contributed by atoms with Crippen LogP contribution in [0.15, 0.2) is 42.5 Å². The van der Waals surface area contributed by atoms with Gasteiger partial charge < -0.3 is 10.6 Å². The minimum atomic E-state index is -4.68. The van der Waals surface area contributed by atoms with E-state index in [1.807, 2.05) is 0 Å². The second-order valence-electron chi connectivity index (χ2n) is 7.26. The molecule has 2 amide bonds. The molecule has 0 saturated heterocycles. The first kappa shape index (κ1) is 23.9. The highest BCUT2D eigenvalue weighted by Gasteiger charge is 2.34. The quantitative estimate of drug-likeness (QED) is 0.543. The SMILES string of the molecule is Cc1cc(C)n(-c2ccc(CNC(=O)CNC(=O)c3ccc(F)cc3F)c(C(F)(F)F)c2)n1. The van der Waals surface area contributed by atoms with Gasteiger partial charge in [-0.25, -0.2) is 13.5 Å². The van der Waals surface area contributed by atoms with Gasteiger partial charge in [0.15, 0.2) is 0 Å². The van der Waals surface area contributed by atoms with Gasteiger partial charge in [0.25, 0.3) is 5.91 Å². The zero-order valence-electron chi connectivity index (χ0n) is 17.6. The number of alkyl halides is 3. The maximum absolute atomic E-state index is 13.6. The van der Waals surface area contributed by atoms with E-state index in [4.69, 9.17) is 0 Å². The normalized spacial score (nSPS) is 11.4. The fraction of sp³-hybridized carbons (Fsp3) is 0.227. The van der Waals surface area contributed by atoms with Crippen molar-refractivity contribution >= 4 is 11.8 Å². The molecule has 0 aliphatic carbocycles. The van der Waals surface area contributed by atoms with Crippen molar-refractivity contribution in [2.24, 2.45) is 0 Å². The maximum Gasteiger partial charge on any atom is 0.416 e. The molecule has 174 valence electrons. The minimum Gasteiger partial charge on any atom is -0.350 e. The first-order valence-electron chi connectivity index (χ1n) is 9.69. The molecule has 0 saturated carbocycles. The molecule has 0 unspecified atom stereocenters. The van der Waals surface area contributed by atoms with Gasteiger partial charge in [-0.1, -0.05) is 6.07 Å². The summed E-state index contributed by atoms with van der Waals surface area (Å²) in [6.45, 7) is 2.38. The van der Waals surface area contributed by atoms with Crippen molar-refractivity contribution in [3.63, 3.8) is 0 Å². The Labute approximate surface area is 185 Å². The van der Waals surface area contributed by atoms with Crippen LogP contribution in [-0.2, 0) is 17.5 Å². The fourth-order valence-electron chi connectivity index (χ4n) is 3.19. The van der Waals surface area contributed by atoms with Crippen molar-refractivity contribution in [1.82, 2.24) is 20.4 Å². The number of aryl methyl sites for hydroxylation is 2. The molecule has 3 rings (SSSR count). The number of benzene rings is 2. The number of carbonyl (C=O) groups excluding carboxylic acids is 2. The largest absolute Gasteiger partial charge is 0.416 e. The third-order valence-electron chi connectivity index (χ3n) is 4.71. The van der Waals surface area contributed by atoms with E-state index in [1.54, 1.807) is 19.9 Å². The second-order valence-corrected chi connectivity index (χ2v) is 7.26. The number of halogens is 5. The van der Waals surface area contributed by atoms with E-state index < -0.39 is 53.8 Å². The number of rotatable bonds is 6. The number of amides is 2. The zero-order valence-corrected chi connectivity index (χ0v) is 17.6. The first-order valence-corrected chi connectivity index (χ1v) is 9.69. The Bertz CT molecular complexity index is 1200. The molecular weight excluding hydrogens is 447 g/mol. The molecule has 2 N–H and O–H groups in total. The standard InChI is InChI=1S/C22H19F5N4O2/c1-12-7-13(2)31(30-12)16-5-3-14(18(9-16)22(25,26)27)10-28-20(32)11-29-21(33)17-6-4-15(23)8-19(17)24/h3-9H,10-11H2,1-2H3,(H,28,32)(H,29,33). The Hall–Kier alpha value is -3.76. The number of nitrogens with zero attached hydrogens (tertiary/aromatic N) is 2. The van der Waals surface area contributed by atoms with Gasteiger partial charge in [-0.15, -0.1) is 0 Å². The van der Waals surface area contributed by atoms with Gasteiger partial charge in [-0.05, 0) is 49.7 Å². The van der Waals surface area contributed by atoms with Crippen molar-refractivity contribution in [3.8, 4) is 5.69 Å². The van der Waals surface area contributed by atoms with Crippen LogP contribution in [0.25, 0.3) is 5.69 Å². The van der Waals surface area contributed by atoms with Crippen LogP contribution >= 0.6 is 0 Å². The Morgan fingerprint density at radius 1 is 1.00 bits per heavy atom. The molecule has 2 aromatic carbocycles. The molecule has 0 aliphatic rings.